The summed E-state index contributed by atoms with van der Waals surface area (Å²) in [6.07, 6.45) is 3.95. The summed E-state index contributed by atoms with van der Waals surface area (Å²) in [6, 6.07) is 0. The van der Waals surface area contributed by atoms with Crippen LogP contribution in [0.15, 0.2) is 11.1 Å². The zero-order valence-electron chi connectivity index (χ0n) is 23.1. The lowest BCUT2D eigenvalue weighted by atomic mass is 9.36. The lowest BCUT2D eigenvalue weighted by Crippen LogP contribution is -2.65. The van der Waals surface area contributed by atoms with Gasteiger partial charge in [0.15, 0.2) is 0 Å². The predicted molar refractivity (Wildman–Crippen MR) is 136 cm³/mol. The van der Waals surface area contributed by atoms with Crippen LogP contribution in [-0.4, -0.2) is 51.1 Å². The molecule has 0 radical (unpaired) electrons. The van der Waals surface area contributed by atoms with Gasteiger partial charge in [0.05, 0.1) is 23.9 Å². The second kappa shape index (κ2) is 7.65. The molecule has 1 aliphatic heterocycles. The topological polar surface area (TPSA) is 87.0 Å². The summed E-state index contributed by atoms with van der Waals surface area (Å²) in [7, 11) is 0. The summed E-state index contributed by atoms with van der Waals surface area (Å²) in [5.41, 5.74) is 0.954. The van der Waals surface area contributed by atoms with Crippen molar-refractivity contribution in [3.8, 4) is 0 Å². The summed E-state index contributed by atoms with van der Waals surface area (Å²) in [5.74, 6) is 1.07. The van der Waals surface area contributed by atoms with Gasteiger partial charge in [-0.1, -0.05) is 47.1 Å². The van der Waals surface area contributed by atoms with Gasteiger partial charge in [0, 0.05) is 11.8 Å². The molecule has 35 heavy (non-hydrogen) atoms. The van der Waals surface area contributed by atoms with Gasteiger partial charge >= 0.3 is 0 Å². The number of hydrogen-bond donors (Lipinski definition) is 3. The Labute approximate surface area is 211 Å². The number of fused-ring (bicyclic) bond motifs is 6. The highest BCUT2D eigenvalue weighted by atomic mass is 16.5. The van der Waals surface area contributed by atoms with Crippen LogP contribution in [0.25, 0.3) is 0 Å². The third kappa shape index (κ3) is 3.30. The van der Waals surface area contributed by atoms with Gasteiger partial charge in [-0.15, -0.1) is 0 Å². The fraction of sp³-hybridized carbons (Fsp3) is 0.900. The van der Waals surface area contributed by atoms with Crippen molar-refractivity contribution < 1.29 is 24.9 Å². The first-order chi connectivity index (χ1) is 16.0. The molecule has 4 aliphatic carbocycles. The van der Waals surface area contributed by atoms with Crippen LogP contribution in [0.3, 0.4) is 0 Å². The summed E-state index contributed by atoms with van der Waals surface area (Å²) >= 11 is 0. The Kier molecular flexibility index (Phi) is 5.65. The highest BCUT2D eigenvalue weighted by Gasteiger charge is 2.70. The monoisotopic (exact) mass is 488 g/mol. The van der Waals surface area contributed by atoms with E-state index in [9.17, 15) is 20.1 Å². The average Bonchev–Trinajstić information content (AvgIpc) is 3.03. The van der Waals surface area contributed by atoms with Gasteiger partial charge in [-0.25, -0.2) is 0 Å². The maximum Gasteiger partial charge on any atom is 0.138 e. The second-order valence-electron chi connectivity index (χ2n) is 14.8. The van der Waals surface area contributed by atoms with Gasteiger partial charge in [-0.3, -0.25) is 4.79 Å². The highest BCUT2D eigenvalue weighted by Crippen LogP contribution is 2.74. The molecule has 3 unspecified atom stereocenters. The molecule has 4 fully saturated rings. The van der Waals surface area contributed by atoms with Crippen LogP contribution >= 0.6 is 0 Å². The number of ketones is 1. The van der Waals surface area contributed by atoms with E-state index in [4.69, 9.17) is 4.74 Å². The number of Topliss-reactive ketones (excluding diaryl/α,β-unsaturated/α-hetero) is 1. The summed E-state index contributed by atoms with van der Waals surface area (Å²) < 4.78 is 6.57. The molecule has 0 amide bonds. The minimum absolute atomic E-state index is 0.0666. The molecule has 0 aromatic rings. The lowest BCUT2D eigenvalue weighted by molar-refractivity contribution is -0.212. The van der Waals surface area contributed by atoms with Crippen LogP contribution in [-0.2, 0) is 9.53 Å². The third-order valence-corrected chi connectivity index (χ3v) is 12.2. The Bertz CT molecular complexity index is 945. The van der Waals surface area contributed by atoms with Crippen molar-refractivity contribution in [3.63, 3.8) is 0 Å². The Hall–Kier alpha value is -0.750. The number of aliphatic hydroxyl groups is 3. The van der Waals surface area contributed by atoms with Crippen molar-refractivity contribution in [3.05, 3.63) is 11.1 Å². The molecular formula is C30H48O5. The molecule has 0 aromatic heterocycles. The van der Waals surface area contributed by atoms with E-state index in [2.05, 4.69) is 41.5 Å². The minimum Gasteiger partial charge on any atom is -0.392 e. The Morgan fingerprint density at radius 3 is 2.40 bits per heavy atom. The van der Waals surface area contributed by atoms with Gasteiger partial charge < -0.3 is 20.1 Å². The number of carbonyl (C=O) groups excluding carboxylic acids is 1. The van der Waals surface area contributed by atoms with Crippen molar-refractivity contribution in [2.24, 2.45) is 39.4 Å². The van der Waals surface area contributed by atoms with Gasteiger partial charge in [-0.05, 0) is 91.9 Å². The van der Waals surface area contributed by atoms with Crippen LogP contribution in [0.4, 0.5) is 0 Å². The van der Waals surface area contributed by atoms with E-state index in [1.807, 2.05) is 0 Å². The van der Waals surface area contributed by atoms with Crippen molar-refractivity contribution in [2.45, 2.75) is 130 Å². The highest BCUT2D eigenvalue weighted by molar-refractivity contribution is 5.85. The molecule has 1 saturated heterocycles. The number of aliphatic hydroxyl groups excluding tert-OH is 2. The number of hydrogen-bond acceptors (Lipinski definition) is 5. The Morgan fingerprint density at radius 1 is 1.11 bits per heavy atom. The van der Waals surface area contributed by atoms with Crippen molar-refractivity contribution >= 4 is 5.78 Å². The molecule has 0 aromatic carbocycles. The summed E-state index contributed by atoms with van der Waals surface area (Å²) in [4.78, 5) is 12.9. The second-order valence-corrected chi connectivity index (χ2v) is 14.8. The van der Waals surface area contributed by atoms with Crippen LogP contribution in [0.2, 0.25) is 0 Å². The van der Waals surface area contributed by atoms with Crippen molar-refractivity contribution in [1.82, 2.24) is 0 Å². The SMILES string of the molecule is CC1C[C@H](C(O)C(C)(C)O)O[C@H]2C[C@@]3(C)C(=C12)CC(O)[C@@H]1[C@@]2(C)CCC(=O)C(C)(C)[C@@H]2CC[C@]13C. The number of carbonyl (C=O) groups is 1. The van der Waals surface area contributed by atoms with E-state index in [0.717, 1.165) is 25.7 Å². The minimum atomic E-state index is -1.21. The van der Waals surface area contributed by atoms with E-state index >= 15 is 0 Å². The van der Waals surface area contributed by atoms with E-state index in [1.54, 1.807) is 13.8 Å². The first kappa shape index (κ1) is 25.9. The standard InChI is InChI=1S/C30H48O5/c1-16-13-19(25(33)27(4,5)34)35-20-15-30(8)17(23(16)20)14-18(31)24-28(6)11-10-22(32)26(2,3)21(28)9-12-29(24,30)7/h16,18-21,24-25,31,33-34H,9-15H2,1-8H3/t16?,18?,19-,20+,21+,24-,25?,28+,29-,30+/m1/s1. The van der Waals surface area contributed by atoms with Crippen LogP contribution in [0, 0.1) is 39.4 Å². The molecule has 5 rings (SSSR count). The van der Waals surface area contributed by atoms with E-state index in [-0.39, 0.29) is 39.6 Å². The van der Waals surface area contributed by atoms with Crippen LogP contribution in [0.1, 0.15) is 100 Å². The summed E-state index contributed by atoms with van der Waals surface area (Å²) in [5, 5.41) is 33.1. The first-order valence-corrected chi connectivity index (χ1v) is 14.0. The predicted octanol–water partition coefficient (Wildman–Crippen LogP) is 4.81. The fourth-order valence-electron chi connectivity index (χ4n) is 10.3. The van der Waals surface area contributed by atoms with Gasteiger partial charge in [-0.2, -0.15) is 0 Å². The normalized spacial score (nSPS) is 50.2. The fourth-order valence-corrected chi connectivity index (χ4v) is 10.3. The molecular weight excluding hydrogens is 440 g/mol. The molecule has 0 spiro atoms. The largest absolute Gasteiger partial charge is 0.392 e. The number of rotatable bonds is 2. The molecule has 10 atom stereocenters. The first-order valence-electron chi connectivity index (χ1n) is 14.0. The van der Waals surface area contributed by atoms with E-state index < -0.39 is 23.9 Å². The molecule has 3 N–H and O–H groups in total. The molecule has 5 nitrogen and oxygen atoms in total. The van der Waals surface area contributed by atoms with Crippen molar-refractivity contribution in [2.75, 3.05) is 0 Å². The number of ether oxygens (including phenoxy) is 1. The van der Waals surface area contributed by atoms with E-state index in [1.165, 1.54) is 11.1 Å². The molecule has 1 heterocycles. The smallest absolute Gasteiger partial charge is 0.138 e. The van der Waals surface area contributed by atoms with Gasteiger partial charge in [0.2, 0.25) is 0 Å². The van der Waals surface area contributed by atoms with Crippen molar-refractivity contribution in [1.29, 1.82) is 0 Å². The maximum absolute atomic E-state index is 12.9. The molecule has 198 valence electrons. The quantitative estimate of drug-likeness (QED) is 0.486. The molecule has 5 heteroatoms. The third-order valence-electron chi connectivity index (χ3n) is 12.2. The van der Waals surface area contributed by atoms with Crippen LogP contribution < -0.4 is 0 Å². The zero-order valence-corrected chi connectivity index (χ0v) is 23.1. The van der Waals surface area contributed by atoms with E-state index in [0.29, 0.717) is 31.0 Å². The molecule has 3 saturated carbocycles. The summed E-state index contributed by atoms with van der Waals surface area (Å²) in [6.45, 7) is 17.0. The Morgan fingerprint density at radius 2 is 1.77 bits per heavy atom. The zero-order chi connectivity index (χ0) is 25.9. The molecule has 0 bridgehead atoms. The lowest BCUT2D eigenvalue weighted by Gasteiger charge is -2.68. The maximum atomic E-state index is 12.9. The average molecular weight is 489 g/mol. The Balaban J connectivity index is 1.53. The van der Waals surface area contributed by atoms with Crippen LogP contribution in [0.5, 0.6) is 0 Å². The van der Waals surface area contributed by atoms with Gasteiger partial charge in [0.25, 0.3) is 0 Å². The van der Waals surface area contributed by atoms with Gasteiger partial charge in [0.1, 0.15) is 11.9 Å². The molecule has 5 aliphatic rings.